The molecule has 0 radical (unpaired) electrons. The van der Waals surface area contributed by atoms with E-state index >= 15 is 0 Å². The van der Waals surface area contributed by atoms with Crippen molar-refractivity contribution < 1.29 is 32.3 Å². The number of hydrogen-bond acceptors (Lipinski definition) is 4. The number of anilines is 2. The molecule has 3 amide bonds. The maximum atomic E-state index is 13.3. The number of benzene rings is 3. The zero-order valence-corrected chi connectivity index (χ0v) is 25.1. The molecule has 3 N–H and O–H groups in total. The molecule has 0 atom stereocenters. The number of carbonyl (C=O) groups is 3. The number of halogens is 4. The monoisotopic (exact) mass is 628 g/mol. The van der Waals surface area contributed by atoms with Gasteiger partial charge in [-0.2, -0.15) is 0 Å². The van der Waals surface area contributed by atoms with E-state index in [1.165, 1.54) is 12.1 Å². The molecule has 0 saturated carbocycles. The molecule has 1 heterocycles. The molecule has 8 nitrogen and oxygen atoms in total. The van der Waals surface area contributed by atoms with Crippen LogP contribution < -0.4 is 20.7 Å². The molecule has 0 aliphatic heterocycles. The Morgan fingerprint density at radius 2 is 1.59 bits per heavy atom. The Hall–Kier alpha value is -4.51. The van der Waals surface area contributed by atoms with Crippen LogP contribution in [0, 0.1) is 5.92 Å². The van der Waals surface area contributed by atoms with E-state index in [0.29, 0.717) is 29.0 Å². The van der Waals surface area contributed by atoms with Crippen molar-refractivity contribution in [1.29, 1.82) is 0 Å². The molecular formula is C32H32ClF3N4O4. The lowest BCUT2D eigenvalue weighted by molar-refractivity contribution is -0.274. The normalized spacial score (nSPS) is 11.5. The molecule has 1 aromatic heterocycles. The van der Waals surface area contributed by atoms with E-state index in [4.69, 9.17) is 11.6 Å². The molecule has 4 aromatic rings. The van der Waals surface area contributed by atoms with Crippen LogP contribution >= 0.6 is 11.6 Å². The van der Waals surface area contributed by atoms with Crippen LogP contribution in [0.4, 0.5) is 24.5 Å². The number of unbranched alkanes of at least 4 members (excludes halogenated alkanes) is 1. The molecule has 0 unspecified atom stereocenters. The number of fused-ring (bicyclic) bond motifs is 1. The lowest BCUT2D eigenvalue weighted by Crippen LogP contribution is -2.27. The predicted octanol–water partition coefficient (Wildman–Crippen LogP) is 7.77. The summed E-state index contributed by atoms with van der Waals surface area (Å²) in [6, 6.07) is 16.8. The van der Waals surface area contributed by atoms with Gasteiger partial charge in [-0.25, -0.2) is 0 Å². The van der Waals surface area contributed by atoms with Gasteiger partial charge in [0.2, 0.25) is 5.91 Å². The summed E-state index contributed by atoms with van der Waals surface area (Å²) >= 11 is 6.32. The van der Waals surface area contributed by atoms with Crippen LogP contribution in [0.15, 0.2) is 66.7 Å². The number of aryl methyl sites for hydroxylation is 1. The van der Waals surface area contributed by atoms with E-state index in [1.807, 2.05) is 11.5 Å². The first-order valence-corrected chi connectivity index (χ1v) is 14.4. The van der Waals surface area contributed by atoms with E-state index < -0.39 is 23.9 Å². The SMILES string of the molecule is CCCCn1c(C(=O)Nc2ccc(OC(F)(F)F)cc2)cc2cc(NC(=O)c3cc(CNC(=O)C(C)C)ccc3Cl)ccc21. The number of hydrogen-bond donors (Lipinski definition) is 3. The second-order valence-electron chi connectivity index (χ2n) is 10.5. The van der Waals surface area contributed by atoms with Gasteiger partial charge < -0.3 is 25.3 Å². The van der Waals surface area contributed by atoms with Crippen molar-refractivity contribution in [3.63, 3.8) is 0 Å². The second kappa shape index (κ2) is 13.9. The molecule has 0 fully saturated rings. The topological polar surface area (TPSA) is 101 Å². The van der Waals surface area contributed by atoms with Crippen molar-refractivity contribution >= 4 is 51.6 Å². The maximum absolute atomic E-state index is 13.3. The highest BCUT2D eigenvalue weighted by molar-refractivity contribution is 6.34. The molecule has 0 saturated heterocycles. The van der Waals surface area contributed by atoms with Crippen LogP contribution in [0.1, 0.15) is 60.0 Å². The number of alkyl halides is 3. The molecule has 0 aliphatic rings. The van der Waals surface area contributed by atoms with Crippen molar-refractivity contribution in [2.45, 2.75) is 53.1 Å². The fourth-order valence-electron chi connectivity index (χ4n) is 4.48. The molecule has 232 valence electrons. The molecule has 44 heavy (non-hydrogen) atoms. The highest BCUT2D eigenvalue weighted by Crippen LogP contribution is 2.28. The van der Waals surface area contributed by atoms with Crippen LogP contribution in [-0.4, -0.2) is 28.7 Å². The number of ether oxygens (including phenoxy) is 1. The van der Waals surface area contributed by atoms with Crippen molar-refractivity contribution in [3.05, 3.63) is 88.6 Å². The zero-order chi connectivity index (χ0) is 32.0. The average Bonchev–Trinajstić information content (AvgIpc) is 3.33. The van der Waals surface area contributed by atoms with Crippen molar-refractivity contribution in [2.75, 3.05) is 10.6 Å². The Labute approximate surface area is 257 Å². The molecule has 0 spiro atoms. The predicted molar refractivity (Wildman–Crippen MR) is 164 cm³/mol. The Morgan fingerprint density at radius 1 is 0.909 bits per heavy atom. The summed E-state index contributed by atoms with van der Waals surface area (Å²) in [5, 5.41) is 9.35. The van der Waals surface area contributed by atoms with E-state index in [9.17, 15) is 27.6 Å². The van der Waals surface area contributed by atoms with E-state index in [-0.39, 0.29) is 29.0 Å². The van der Waals surface area contributed by atoms with Crippen LogP contribution in [0.5, 0.6) is 5.75 Å². The first-order chi connectivity index (χ1) is 20.8. The summed E-state index contributed by atoms with van der Waals surface area (Å²) in [7, 11) is 0. The number of amides is 3. The highest BCUT2D eigenvalue weighted by atomic mass is 35.5. The van der Waals surface area contributed by atoms with Crippen LogP contribution in [0.25, 0.3) is 10.9 Å². The summed E-state index contributed by atoms with van der Waals surface area (Å²) in [6.45, 7) is 6.42. The fraction of sp³-hybridized carbons (Fsp3) is 0.281. The lowest BCUT2D eigenvalue weighted by atomic mass is 10.1. The first-order valence-electron chi connectivity index (χ1n) is 14.0. The third kappa shape index (κ3) is 8.31. The molecular weight excluding hydrogens is 597 g/mol. The molecule has 3 aromatic carbocycles. The Balaban J connectivity index is 1.54. The van der Waals surface area contributed by atoms with Gasteiger partial charge in [0.25, 0.3) is 11.8 Å². The van der Waals surface area contributed by atoms with Gasteiger partial charge in [-0.15, -0.1) is 13.2 Å². The van der Waals surface area contributed by atoms with Crippen molar-refractivity contribution in [2.24, 2.45) is 5.92 Å². The third-order valence-electron chi connectivity index (χ3n) is 6.74. The summed E-state index contributed by atoms with van der Waals surface area (Å²) < 4.78 is 43.2. The fourth-order valence-corrected chi connectivity index (χ4v) is 4.68. The number of carbonyl (C=O) groups excluding carboxylic acids is 3. The standard InChI is InChI=1S/C32H32ClF3N4O4/c1-4-5-14-40-27-13-9-23(39-30(42)25-15-20(6-12-26(25)33)18-37-29(41)19(2)3)16-21(27)17-28(40)31(43)38-22-7-10-24(11-8-22)44-32(34,35)36/h6-13,15-17,19H,4-5,14,18H2,1-3H3,(H,37,41)(H,38,43)(H,39,42). The molecule has 0 bridgehead atoms. The molecule has 4 rings (SSSR count). The second-order valence-corrected chi connectivity index (χ2v) is 10.9. The van der Waals surface area contributed by atoms with Crippen LogP contribution in [-0.2, 0) is 17.9 Å². The molecule has 0 aliphatic carbocycles. The quantitative estimate of drug-likeness (QED) is 0.158. The third-order valence-corrected chi connectivity index (χ3v) is 7.07. The van der Waals surface area contributed by atoms with Gasteiger partial charge in [-0.05, 0) is 72.6 Å². The summed E-state index contributed by atoms with van der Waals surface area (Å²) in [4.78, 5) is 38.4. The van der Waals surface area contributed by atoms with Gasteiger partial charge >= 0.3 is 6.36 Å². The highest BCUT2D eigenvalue weighted by Gasteiger charge is 2.31. The van der Waals surface area contributed by atoms with Crippen molar-refractivity contribution in [3.8, 4) is 5.75 Å². The van der Waals surface area contributed by atoms with Gasteiger partial charge in [-0.1, -0.05) is 44.9 Å². The summed E-state index contributed by atoms with van der Waals surface area (Å²) in [5.41, 5.74) is 2.87. The van der Waals surface area contributed by atoms with Gasteiger partial charge in [0.15, 0.2) is 0 Å². The minimum Gasteiger partial charge on any atom is -0.406 e. The summed E-state index contributed by atoms with van der Waals surface area (Å²) in [6.07, 6.45) is -3.12. The summed E-state index contributed by atoms with van der Waals surface area (Å²) in [5.74, 6) is -1.55. The van der Waals surface area contributed by atoms with E-state index in [0.717, 1.165) is 36.1 Å². The minimum absolute atomic E-state index is 0.105. The zero-order valence-electron chi connectivity index (χ0n) is 24.3. The average molecular weight is 629 g/mol. The number of nitrogens with one attached hydrogen (secondary N) is 3. The maximum Gasteiger partial charge on any atom is 0.573 e. The van der Waals surface area contributed by atoms with Crippen LogP contribution in [0.3, 0.4) is 0 Å². The molecule has 12 heteroatoms. The Morgan fingerprint density at radius 3 is 2.25 bits per heavy atom. The number of aromatic nitrogens is 1. The first kappa shape index (κ1) is 32.4. The van der Waals surface area contributed by atoms with Crippen LogP contribution in [0.2, 0.25) is 5.02 Å². The van der Waals surface area contributed by atoms with Gasteiger partial charge in [0.1, 0.15) is 11.4 Å². The smallest absolute Gasteiger partial charge is 0.406 e. The van der Waals surface area contributed by atoms with Gasteiger partial charge in [0.05, 0.1) is 10.6 Å². The minimum atomic E-state index is -4.81. The number of rotatable bonds is 11. The largest absolute Gasteiger partial charge is 0.573 e. The van der Waals surface area contributed by atoms with E-state index in [1.54, 1.807) is 56.3 Å². The Kier molecular flexibility index (Phi) is 10.2. The lowest BCUT2D eigenvalue weighted by Gasteiger charge is -2.12. The van der Waals surface area contributed by atoms with E-state index in [2.05, 4.69) is 20.7 Å². The number of nitrogens with zero attached hydrogens (tertiary/aromatic N) is 1. The van der Waals surface area contributed by atoms with Gasteiger partial charge in [0, 0.05) is 41.3 Å². The Bertz CT molecular complexity index is 1670. The van der Waals surface area contributed by atoms with Gasteiger partial charge in [-0.3, -0.25) is 14.4 Å². The van der Waals surface area contributed by atoms with Crippen molar-refractivity contribution in [1.82, 2.24) is 9.88 Å².